The second-order valence-corrected chi connectivity index (χ2v) is 8.00. The number of hydrogen-bond acceptors (Lipinski definition) is 3. The van der Waals surface area contributed by atoms with Crippen molar-refractivity contribution < 1.29 is 17.6 Å². The van der Waals surface area contributed by atoms with Gasteiger partial charge in [-0.3, -0.25) is 4.79 Å². The molecular weight excluding hydrogens is 355 g/mol. The van der Waals surface area contributed by atoms with Crippen LogP contribution in [0, 0.1) is 5.82 Å². The summed E-state index contributed by atoms with van der Waals surface area (Å²) in [6, 6.07) is 12.1. The van der Waals surface area contributed by atoms with Crippen molar-refractivity contribution in [3.05, 3.63) is 65.5 Å². The number of likely N-dealkylation sites (tertiary alicyclic amines) is 1. The molecule has 1 atom stereocenters. The van der Waals surface area contributed by atoms with Crippen LogP contribution in [0.1, 0.15) is 41.7 Å². The molecule has 1 amide bonds. The van der Waals surface area contributed by atoms with E-state index in [9.17, 15) is 17.6 Å². The SMILES string of the molecule is CCNS(=O)(=O)c1ccc(C(=O)N2CCC[C@H]2c2ccc(F)cc2)cc1. The molecule has 138 valence electrons. The molecule has 2 aromatic carbocycles. The molecule has 0 bridgehead atoms. The van der Waals surface area contributed by atoms with Gasteiger partial charge in [-0.15, -0.1) is 0 Å². The third-order valence-electron chi connectivity index (χ3n) is 4.51. The van der Waals surface area contributed by atoms with Gasteiger partial charge in [-0.25, -0.2) is 17.5 Å². The van der Waals surface area contributed by atoms with Gasteiger partial charge in [-0.05, 0) is 54.8 Å². The van der Waals surface area contributed by atoms with Gasteiger partial charge in [0.05, 0.1) is 10.9 Å². The van der Waals surface area contributed by atoms with Gasteiger partial charge in [0.15, 0.2) is 0 Å². The molecule has 2 aromatic rings. The molecular formula is C19H21FN2O3S. The molecule has 0 saturated carbocycles. The highest BCUT2D eigenvalue weighted by Gasteiger charge is 2.30. The number of halogens is 1. The van der Waals surface area contributed by atoms with E-state index >= 15 is 0 Å². The van der Waals surface area contributed by atoms with Gasteiger partial charge in [0.2, 0.25) is 10.0 Å². The molecule has 1 aliphatic heterocycles. The molecule has 7 heteroatoms. The molecule has 0 spiro atoms. The number of benzene rings is 2. The largest absolute Gasteiger partial charge is 0.332 e. The molecule has 0 unspecified atom stereocenters. The van der Waals surface area contributed by atoms with E-state index in [4.69, 9.17) is 0 Å². The number of rotatable bonds is 5. The minimum Gasteiger partial charge on any atom is -0.332 e. The Hall–Kier alpha value is -2.25. The van der Waals surface area contributed by atoms with Gasteiger partial charge in [-0.2, -0.15) is 0 Å². The second kappa shape index (κ2) is 7.55. The predicted octanol–water partition coefficient (Wildman–Crippen LogP) is 3.10. The topological polar surface area (TPSA) is 66.5 Å². The number of amides is 1. The van der Waals surface area contributed by atoms with Crippen LogP contribution in [0.15, 0.2) is 53.4 Å². The first-order valence-electron chi connectivity index (χ1n) is 8.58. The summed E-state index contributed by atoms with van der Waals surface area (Å²) in [5.74, 6) is -0.452. The number of carbonyl (C=O) groups is 1. The fourth-order valence-electron chi connectivity index (χ4n) is 3.26. The van der Waals surface area contributed by atoms with Crippen molar-refractivity contribution in [2.24, 2.45) is 0 Å². The molecule has 1 saturated heterocycles. The third-order valence-corrected chi connectivity index (χ3v) is 6.08. The maximum absolute atomic E-state index is 13.1. The zero-order chi connectivity index (χ0) is 18.7. The van der Waals surface area contributed by atoms with E-state index in [1.807, 2.05) is 0 Å². The summed E-state index contributed by atoms with van der Waals surface area (Å²) in [5, 5.41) is 0. The van der Waals surface area contributed by atoms with E-state index in [0.29, 0.717) is 18.7 Å². The molecule has 3 rings (SSSR count). The van der Waals surface area contributed by atoms with Crippen LogP contribution >= 0.6 is 0 Å². The maximum atomic E-state index is 13.1. The van der Waals surface area contributed by atoms with E-state index < -0.39 is 10.0 Å². The van der Waals surface area contributed by atoms with Gasteiger partial charge in [0, 0.05) is 18.7 Å². The van der Waals surface area contributed by atoms with Crippen LogP contribution in [0.3, 0.4) is 0 Å². The summed E-state index contributed by atoms with van der Waals surface area (Å²) in [6.45, 7) is 2.63. The smallest absolute Gasteiger partial charge is 0.254 e. The Morgan fingerprint density at radius 1 is 1.15 bits per heavy atom. The minimum atomic E-state index is -3.54. The Morgan fingerprint density at radius 2 is 1.81 bits per heavy atom. The quantitative estimate of drug-likeness (QED) is 0.872. The Labute approximate surface area is 152 Å². The fraction of sp³-hybridized carbons (Fsp3) is 0.316. The van der Waals surface area contributed by atoms with Crippen molar-refractivity contribution in [3.63, 3.8) is 0 Å². The normalized spacial score (nSPS) is 17.5. The number of nitrogens with one attached hydrogen (secondary N) is 1. The number of nitrogens with zero attached hydrogens (tertiary/aromatic N) is 1. The zero-order valence-corrected chi connectivity index (χ0v) is 15.3. The average Bonchev–Trinajstić information content (AvgIpc) is 3.11. The van der Waals surface area contributed by atoms with Crippen molar-refractivity contribution >= 4 is 15.9 Å². The maximum Gasteiger partial charge on any atom is 0.254 e. The average molecular weight is 376 g/mol. The summed E-state index contributed by atoms with van der Waals surface area (Å²) >= 11 is 0. The Morgan fingerprint density at radius 3 is 2.42 bits per heavy atom. The van der Waals surface area contributed by atoms with Gasteiger partial charge in [0.1, 0.15) is 5.82 Å². The van der Waals surface area contributed by atoms with Crippen LogP contribution in [-0.2, 0) is 10.0 Å². The van der Waals surface area contributed by atoms with Crippen molar-refractivity contribution in [2.45, 2.75) is 30.7 Å². The van der Waals surface area contributed by atoms with Crippen LogP contribution in [0.25, 0.3) is 0 Å². The highest BCUT2D eigenvalue weighted by molar-refractivity contribution is 7.89. The summed E-state index contributed by atoms with van der Waals surface area (Å²) in [7, 11) is -3.54. The predicted molar refractivity (Wildman–Crippen MR) is 96.7 cm³/mol. The van der Waals surface area contributed by atoms with Crippen LogP contribution < -0.4 is 4.72 Å². The van der Waals surface area contributed by atoms with Crippen molar-refractivity contribution in [3.8, 4) is 0 Å². The molecule has 0 aromatic heterocycles. The lowest BCUT2D eigenvalue weighted by atomic mass is 10.0. The Bertz CT molecular complexity index is 880. The summed E-state index contributed by atoms with van der Waals surface area (Å²) in [5.41, 5.74) is 1.35. The molecule has 0 radical (unpaired) electrons. The van der Waals surface area contributed by atoms with Crippen LogP contribution in [-0.4, -0.2) is 32.3 Å². The minimum absolute atomic E-state index is 0.0896. The van der Waals surface area contributed by atoms with Gasteiger partial charge in [0.25, 0.3) is 5.91 Å². The first-order chi connectivity index (χ1) is 12.4. The molecule has 1 N–H and O–H groups in total. The van der Waals surface area contributed by atoms with Crippen molar-refractivity contribution in [1.29, 1.82) is 0 Å². The lowest BCUT2D eigenvalue weighted by Gasteiger charge is -2.25. The molecule has 5 nitrogen and oxygen atoms in total. The molecule has 26 heavy (non-hydrogen) atoms. The lowest BCUT2D eigenvalue weighted by Crippen LogP contribution is -2.30. The molecule has 1 aliphatic rings. The first-order valence-corrected chi connectivity index (χ1v) is 10.1. The second-order valence-electron chi connectivity index (χ2n) is 6.23. The number of carbonyl (C=O) groups excluding carboxylic acids is 1. The van der Waals surface area contributed by atoms with Gasteiger partial charge >= 0.3 is 0 Å². The van der Waals surface area contributed by atoms with E-state index in [-0.39, 0.29) is 22.7 Å². The van der Waals surface area contributed by atoms with E-state index in [1.165, 1.54) is 36.4 Å². The molecule has 1 fully saturated rings. The number of hydrogen-bond donors (Lipinski definition) is 1. The fourth-order valence-corrected chi connectivity index (χ4v) is 4.30. The standard InChI is InChI=1S/C19H21FN2O3S/c1-2-21-26(24,25)17-11-7-15(8-12-17)19(23)22-13-3-4-18(22)14-5-9-16(20)10-6-14/h5-12,18,21H,2-4,13H2,1H3/t18-/m0/s1. The van der Waals surface area contributed by atoms with Crippen LogP contribution in [0.5, 0.6) is 0 Å². The van der Waals surface area contributed by atoms with E-state index in [0.717, 1.165) is 18.4 Å². The zero-order valence-electron chi connectivity index (χ0n) is 14.5. The van der Waals surface area contributed by atoms with Crippen molar-refractivity contribution in [1.82, 2.24) is 9.62 Å². The lowest BCUT2D eigenvalue weighted by molar-refractivity contribution is 0.0735. The van der Waals surface area contributed by atoms with Crippen molar-refractivity contribution in [2.75, 3.05) is 13.1 Å². The van der Waals surface area contributed by atoms with Crippen LogP contribution in [0.2, 0.25) is 0 Å². The molecule has 0 aliphatic carbocycles. The van der Waals surface area contributed by atoms with Gasteiger partial charge in [-0.1, -0.05) is 19.1 Å². The molecule has 1 heterocycles. The van der Waals surface area contributed by atoms with Crippen LogP contribution in [0.4, 0.5) is 4.39 Å². The highest BCUT2D eigenvalue weighted by atomic mass is 32.2. The van der Waals surface area contributed by atoms with E-state index in [2.05, 4.69) is 4.72 Å². The third kappa shape index (κ3) is 3.78. The summed E-state index contributed by atoms with van der Waals surface area (Å²) in [6.07, 6.45) is 1.70. The Kier molecular flexibility index (Phi) is 5.38. The first kappa shape index (κ1) is 18.5. The monoisotopic (exact) mass is 376 g/mol. The number of sulfonamides is 1. The Balaban J connectivity index is 1.81. The summed E-state index contributed by atoms with van der Waals surface area (Å²) in [4.78, 5) is 14.8. The summed E-state index contributed by atoms with van der Waals surface area (Å²) < 4.78 is 39.6. The van der Waals surface area contributed by atoms with Gasteiger partial charge < -0.3 is 4.90 Å². The van der Waals surface area contributed by atoms with E-state index in [1.54, 1.807) is 24.0 Å². The highest BCUT2D eigenvalue weighted by Crippen LogP contribution is 2.33.